The van der Waals surface area contributed by atoms with Gasteiger partial charge in [-0.05, 0) is 54.8 Å². The summed E-state index contributed by atoms with van der Waals surface area (Å²) in [5, 5.41) is 2.96. The third-order valence-corrected chi connectivity index (χ3v) is 4.68. The summed E-state index contributed by atoms with van der Waals surface area (Å²) in [5.74, 6) is 0.480. The van der Waals surface area contributed by atoms with Gasteiger partial charge in [-0.2, -0.15) is 13.2 Å². The standard InChI is InChI=1S/C23H23F3N2O2/c1-15-4-6-16(7-5-15)19-14-20(28-22(29)21(19)27-2)17-8-10-18(11-9-17)30-13-3-12-23(24,25)26/h4-11,14,27H,3,12-13H2,1-2H3,(H,28,29). The van der Waals surface area contributed by atoms with Gasteiger partial charge in [0, 0.05) is 24.7 Å². The molecule has 3 aromatic rings. The van der Waals surface area contributed by atoms with Gasteiger partial charge in [-0.3, -0.25) is 4.79 Å². The number of anilines is 1. The minimum absolute atomic E-state index is 0.00979. The van der Waals surface area contributed by atoms with Crippen molar-refractivity contribution in [2.75, 3.05) is 19.0 Å². The summed E-state index contributed by atoms with van der Waals surface area (Å²) in [6.45, 7) is 1.99. The number of rotatable bonds is 7. The Kier molecular flexibility index (Phi) is 6.50. The van der Waals surface area contributed by atoms with Crippen molar-refractivity contribution in [3.05, 3.63) is 70.5 Å². The molecule has 4 nitrogen and oxygen atoms in total. The fourth-order valence-electron chi connectivity index (χ4n) is 3.12. The molecular weight excluding hydrogens is 393 g/mol. The summed E-state index contributed by atoms with van der Waals surface area (Å²) in [4.78, 5) is 15.5. The first-order chi connectivity index (χ1) is 14.3. The zero-order valence-corrected chi connectivity index (χ0v) is 16.8. The van der Waals surface area contributed by atoms with Crippen LogP contribution in [0.5, 0.6) is 5.75 Å². The molecule has 1 aromatic heterocycles. The summed E-state index contributed by atoms with van der Waals surface area (Å²) in [5.41, 5.74) is 4.47. The maximum Gasteiger partial charge on any atom is 0.389 e. The van der Waals surface area contributed by atoms with E-state index in [-0.39, 0.29) is 18.6 Å². The highest BCUT2D eigenvalue weighted by Crippen LogP contribution is 2.30. The Morgan fingerprint density at radius 3 is 2.23 bits per heavy atom. The van der Waals surface area contributed by atoms with Crippen LogP contribution in [0.25, 0.3) is 22.4 Å². The van der Waals surface area contributed by atoms with Crippen LogP contribution < -0.4 is 15.6 Å². The average Bonchev–Trinajstić information content (AvgIpc) is 2.71. The quantitative estimate of drug-likeness (QED) is 0.480. The van der Waals surface area contributed by atoms with E-state index in [4.69, 9.17) is 4.74 Å². The van der Waals surface area contributed by atoms with E-state index in [0.29, 0.717) is 17.1 Å². The van der Waals surface area contributed by atoms with E-state index in [0.717, 1.165) is 22.3 Å². The van der Waals surface area contributed by atoms with Crippen molar-refractivity contribution >= 4 is 5.69 Å². The first-order valence-corrected chi connectivity index (χ1v) is 9.59. The first kappa shape index (κ1) is 21.5. The molecule has 0 spiro atoms. The smallest absolute Gasteiger partial charge is 0.389 e. The molecule has 30 heavy (non-hydrogen) atoms. The van der Waals surface area contributed by atoms with Crippen LogP contribution in [0.15, 0.2) is 59.4 Å². The van der Waals surface area contributed by atoms with Gasteiger partial charge in [0.1, 0.15) is 11.4 Å². The average molecular weight is 416 g/mol. The third-order valence-electron chi connectivity index (χ3n) is 4.68. The van der Waals surface area contributed by atoms with Crippen LogP contribution in [0.3, 0.4) is 0 Å². The van der Waals surface area contributed by atoms with Crippen molar-refractivity contribution in [1.29, 1.82) is 0 Å². The number of pyridine rings is 1. The van der Waals surface area contributed by atoms with E-state index in [1.807, 2.05) is 37.3 Å². The lowest BCUT2D eigenvalue weighted by molar-refractivity contribution is -0.136. The lowest BCUT2D eigenvalue weighted by Gasteiger charge is -2.12. The molecule has 0 fully saturated rings. The topological polar surface area (TPSA) is 54.1 Å². The number of halogens is 3. The molecule has 0 amide bonds. The number of ether oxygens (including phenoxy) is 1. The highest BCUT2D eigenvalue weighted by molar-refractivity contribution is 5.81. The number of H-pyrrole nitrogens is 1. The number of aromatic nitrogens is 1. The van der Waals surface area contributed by atoms with Crippen LogP contribution in [-0.2, 0) is 0 Å². The molecule has 0 radical (unpaired) electrons. The van der Waals surface area contributed by atoms with Crippen LogP contribution in [0.4, 0.5) is 18.9 Å². The second kappa shape index (κ2) is 9.07. The Morgan fingerprint density at radius 1 is 1.00 bits per heavy atom. The van der Waals surface area contributed by atoms with E-state index < -0.39 is 12.6 Å². The monoisotopic (exact) mass is 416 g/mol. The summed E-state index contributed by atoms with van der Waals surface area (Å²) in [7, 11) is 1.70. The van der Waals surface area contributed by atoms with Crippen LogP contribution in [0.2, 0.25) is 0 Å². The number of hydrogen-bond donors (Lipinski definition) is 2. The molecular formula is C23H23F3N2O2. The van der Waals surface area contributed by atoms with Gasteiger partial charge in [-0.1, -0.05) is 29.8 Å². The maximum atomic E-state index is 12.6. The Balaban J connectivity index is 1.82. The van der Waals surface area contributed by atoms with Gasteiger partial charge in [0.05, 0.1) is 6.61 Å². The molecule has 2 N–H and O–H groups in total. The summed E-state index contributed by atoms with van der Waals surface area (Å²) < 4.78 is 42.0. The van der Waals surface area contributed by atoms with Gasteiger partial charge in [0.25, 0.3) is 5.56 Å². The van der Waals surface area contributed by atoms with Crippen molar-refractivity contribution < 1.29 is 17.9 Å². The van der Waals surface area contributed by atoms with Crippen LogP contribution >= 0.6 is 0 Å². The molecule has 0 atom stereocenters. The molecule has 0 bridgehead atoms. The molecule has 7 heteroatoms. The molecule has 0 aliphatic rings. The molecule has 1 heterocycles. The van der Waals surface area contributed by atoms with Gasteiger partial charge in [0.15, 0.2) is 0 Å². The number of alkyl halides is 3. The largest absolute Gasteiger partial charge is 0.494 e. The summed E-state index contributed by atoms with van der Waals surface area (Å²) in [6.07, 6.45) is -5.14. The number of aryl methyl sites for hydroxylation is 1. The van der Waals surface area contributed by atoms with Crippen molar-refractivity contribution in [1.82, 2.24) is 4.98 Å². The Bertz CT molecular complexity index is 1040. The van der Waals surface area contributed by atoms with E-state index >= 15 is 0 Å². The first-order valence-electron chi connectivity index (χ1n) is 9.59. The minimum Gasteiger partial charge on any atom is -0.494 e. The zero-order valence-electron chi connectivity index (χ0n) is 16.8. The number of benzene rings is 2. The molecule has 0 saturated carbocycles. The van der Waals surface area contributed by atoms with E-state index in [9.17, 15) is 18.0 Å². The lowest BCUT2D eigenvalue weighted by Crippen LogP contribution is -2.14. The van der Waals surface area contributed by atoms with Gasteiger partial charge in [-0.25, -0.2) is 0 Å². The fourth-order valence-corrected chi connectivity index (χ4v) is 3.12. The van der Waals surface area contributed by atoms with E-state index in [1.165, 1.54) is 0 Å². The van der Waals surface area contributed by atoms with Crippen LogP contribution in [0.1, 0.15) is 18.4 Å². The van der Waals surface area contributed by atoms with E-state index in [1.54, 1.807) is 31.3 Å². The van der Waals surface area contributed by atoms with Gasteiger partial charge in [-0.15, -0.1) is 0 Å². The van der Waals surface area contributed by atoms with Crippen molar-refractivity contribution in [2.24, 2.45) is 0 Å². The second-order valence-electron chi connectivity index (χ2n) is 7.01. The molecule has 0 aliphatic heterocycles. The Hall–Kier alpha value is -3.22. The summed E-state index contributed by atoms with van der Waals surface area (Å²) in [6, 6.07) is 16.7. The normalized spacial score (nSPS) is 11.4. The molecule has 3 rings (SSSR count). The fraction of sp³-hybridized carbons (Fsp3) is 0.261. The van der Waals surface area contributed by atoms with Gasteiger partial charge < -0.3 is 15.0 Å². The predicted molar refractivity (Wildman–Crippen MR) is 113 cm³/mol. The van der Waals surface area contributed by atoms with Crippen molar-refractivity contribution in [3.63, 3.8) is 0 Å². The lowest BCUT2D eigenvalue weighted by atomic mass is 10.0. The Labute approximate surface area is 172 Å². The van der Waals surface area contributed by atoms with Crippen molar-refractivity contribution in [2.45, 2.75) is 25.9 Å². The molecule has 2 aromatic carbocycles. The highest BCUT2D eigenvalue weighted by atomic mass is 19.4. The summed E-state index contributed by atoms with van der Waals surface area (Å²) >= 11 is 0. The second-order valence-corrected chi connectivity index (χ2v) is 7.01. The highest BCUT2D eigenvalue weighted by Gasteiger charge is 2.26. The van der Waals surface area contributed by atoms with Crippen LogP contribution in [0, 0.1) is 6.92 Å². The number of hydrogen-bond acceptors (Lipinski definition) is 3. The molecule has 0 aliphatic carbocycles. The third kappa shape index (κ3) is 5.43. The molecule has 0 saturated heterocycles. The van der Waals surface area contributed by atoms with Crippen molar-refractivity contribution in [3.8, 4) is 28.1 Å². The number of aromatic amines is 1. The molecule has 158 valence electrons. The molecule has 0 unspecified atom stereocenters. The predicted octanol–water partition coefficient (Wildman–Crippen LogP) is 5.78. The van der Waals surface area contributed by atoms with E-state index in [2.05, 4.69) is 10.3 Å². The number of nitrogens with one attached hydrogen (secondary N) is 2. The maximum absolute atomic E-state index is 12.6. The Morgan fingerprint density at radius 2 is 1.63 bits per heavy atom. The SMILES string of the molecule is CNc1c(-c2ccc(C)cc2)cc(-c2ccc(OCCCC(F)(F)F)cc2)[nH]c1=O. The van der Waals surface area contributed by atoms with Crippen LogP contribution in [-0.4, -0.2) is 24.8 Å². The zero-order chi connectivity index (χ0) is 21.7. The van der Waals surface area contributed by atoms with Gasteiger partial charge >= 0.3 is 6.18 Å². The minimum atomic E-state index is -4.17. The van der Waals surface area contributed by atoms with Gasteiger partial charge in [0.2, 0.25) is 0 Å².